The van der Waals surface area contributed by atoms with E-state index in [0.717, 1.165) is 27.9 Å². The van der Waals surface area contributed by atoms with Crippen LogP contribution < -0.4 is 4.90 Å². The minimum Gasteiger partial charge on any atom is -0.456 e. The number of nitrogens with zero attached hydrogens (tertiary/aromatic N) is 1. The van der Waals surface area contributed by atoms with Crippen LogP contribution in [0.15, 0.2) is 192 Å². The summed E-state index contributed by atoms with van der Waals surface area (Å²) < 4.78 is 6.46. The van der Waals surface area contributed by atoms with E-state index in [2.05, 4.69) is 221 Å². The van der Waals surface area contributed by atoms with Crippen LogP contribution in [-0.4, -0.2) is 0 Å². The number of hydrogen-bond donors (Lipinski definition) is 0. The van der Waals surface area contributed by atoms with E-state index in [4.69, 9.17) is 4.42 Å². The molecule has 0 bridgehead atoms. The van der Waals surface area contributed by atoms with Crippen molar-refractivity contribution in [3.8, 4) is 33.4 Å². The molecule has 0 spiro atoms. The second-order valence-corrected chi connectivity index (χ2v) is 18.4. The predicted octanol–water partition coefficient (Wildman–Crippen LogP) is 16.8. The van der Waals surface area contributed by atoms with E-state index in [0.29, 0.717) is 0 Å². The summed E-state index contributed by atoms with van der Waals surface area (Å²) in [7, 11) is 0. The van der Waals surface area contributed by atoms with E-state index in [9.17, 15) is 0 Å². The van der Waals surface area contributed by atoms with Crippen molar-refractivity contribution in [2.45, 2.75) is 38.5 Å². The molecule has 2 heteroatoms. The summed E-state index contributed by atoms with van der Waals surface area (Å²) in [5.41, 5.74) is 18.1. The molecule has 2 aliphatic carbocycles. The zero-order valence-electron chi connectivity index (χ0n) is 35.3. The molecule has 10 aromatic carbocycles. The third-order valence-corrected chi connectivity index (χ3v) is 14.4. The zero-order valence-corrected chi connectivity index (χ0v) is 35.3. The number of furan rings is 1. The molecule has 1 aromatic heterocycles. The molecule has 0 unspecified atom stereocenters. The molecular formula is C60H43NO. The average molecular weight is 794 g/mol. The van der Waals surface area contributed by atoms with Crippen molar-refractivity contribution in [2.75, 3.05) is 4.90 Å². The molecule has 0 aliphatic heterocycles. The molecule has 62 heavy (non-hydrogen) atoms. The Labute approximate surface area is 361 Å². The van der Waals surface area contributed by atoms with E-state index < -0.39 is 0 Å². The fourth-order valence-electron chi connectivity index (χ4n) is 11.7. The van der Waals surface area contributed by atoms with E-state index >= 15 is 0 Å². The van der Waals surface area contributed by atoms with E-state index in [1.807, 2.05) is 0 Å². The summed E-state index contributed by atoms with van der Waals surface area (Å²) in [4.78, 5) is 2.57. The van der Waals surface area contributed by atoms with Gasteiger partial charge in [-0.15, -0.1) is 0 Å². The summed E-state index contributed by atoms with van der Waals surface area (Å²) >= 11 is 0. The van der Waals surface area contributed by atoms with Crippen LogP contribution in [0.25, 0.3) is 87.6 Å². The molecule has 2 aliphatic rings. The van der Waals surface area contributed by atoms with Gasteiger partial charge in [0.05, 0.1) is 11.4 Å². The molecular weight excluding hydrogens is 751 g/mol. The van der Waals surface area contributed by atoms with Crippen molar-refractivity contribution in [3.05, 3.63) is 210 Å². The fourth-order valence-corrected chi connectivity index (χ4v) is 11.7. The Morgan fingerprint density at radius 2 is 0.871 bits per heavy atom. The Balaban J connectivity index is 1.12. The molecule has 0 radical (unpaired) electrons. The highest BCUT2D eigenvalue weighted by Gasteiger charge is 2.40. The molecule has 0 amide bonds. The molecule has 0 N–H and O–H groups in total. The van der Waals surface area contributed by atoms with E-state index in [1.54, 1.807) is 0 Å². The highest BCUT2D eigenvalue weighted by Crippen LogP contribution is 2.57. The maximum absolute atomic E-state index is 6.46. The van der Waals surface area contributed by atoms with Crippen LogP contribution >= 0.6 is 0 Å². The van der Waals surface area contributed by atoms with Gasteiger partial charge in [-0.3, -0.25) is 0 Å². The first-order valence-corrected chi connectivity index (χ1v) is 21.9. The van der Waals surface area contributed by atoms with Crippen LogP contribution in [0.1, 0.15) is 49.9 Å². The molecule has 11 aromatic rings. The second kappa shape index (κ2) is 12.6. The summed E-state index contributed by atoms with van der Waals surface area (Å²) in [6.07, 6.45) is 0. The monoisotopic (exact) mass is 793 g/mol. The molecule has 13 rings (SSSR count). The summed E-state index contributed by atoms with van der Waals surface area (Å²) in [5.74, 6) is 0. The van der Waals surface area contributed by atoms with Crippen LogP contribution in [0.2, 0.25) is 0 Å². The third-order valence-electron chi connectivity index (χ3n) is 14.4. The molecule has 0 fully saturated rings. The van der Waals surface area contributed by atoms with Gasteiger partial charge in [0, 0.05) is 38.2 Å². The van der Waals surface area contributed by atoms with Crippen molar-refractivity contribution >= 4 is 71.3 Å². The summed E-state index contributed by atoms with van der Waals surface area (Å²) in [5, 5.41) is 9.76. The van der Waals surface area contributed by atoms with Gasteiger partial charge in [0.1, 0.15) is 11.2 Å². The summed E-state index contributed by atoms with van der Waals surface area (Å²) in [6.45, 7) is 9.56. The Hall–Kier alpha value is -7.42. The lowest BCUT2D eigenvalue weighted by Crippen LogP contribution is -2.21. The Morgan fingerprint density at radius 3 is 1.66 bits per heavy atom. The molecule has 1 heterocycles. The highest BCUT2D eigenvalue weighted by molar-refractivity contribution is 6.36. The van der Waals surface area contributed by atoms with Crippen molar-refractivity contribution in [1.82, 2.24) is 0 Å². The van der Waals surface area contributed by atoms with Crippen molar-refractivity contribution in [1.29, 1.82) is 0 Å². The quantitative estimate of drug-likeness (QED) is 0.165. The number of hydrogen-bond acceptors (Lipinski definition) is 2. The first-order valence-electron chi connectivity index (χ1n) is 21.9. The second-order valence-electron chi connectivity index (χ2n) is 18.4. The summed E-state index contributed by atoms with van der Waals surface area (Å²) in [6, 6.07) is 69.9. The number of rotatable bonds is 4. The number of para-hydroxylation sites is 2. The lowest BCUT2D eigenvalue weighted by Gasteiger charge is -2.34. The third kappa shape index (κ3) is 4.64. The van der Waals surface area contributed by atoms with Crippen LogP contribution in [0, 0.1) is 0 Å². The smallest absolute Gasteiger partial charge is 0.136 e. The fraction of sp³-hybridized carbons (Fsp3) is 0.100. The van der Waals surface area contributed by atoms with Gasteiger partial charge >= 0.3 is 0 Å². The molecule has 0 saturated heterocycles. The minimum atomic E-state index is -0.223. The maximum Gasteiger partial charge on any atom is 0.136 e. The standard InChI is InChI=1S/C60H43NO/c1-59(2)48-26-11-7-17-37(48)39-32-31-36(35-50(39)59)61(52-29-16-25-46-38-18-8-12-27-49(38)60(3,4)58(46)52)51-28-13-9-19-40(51)41-23-15-24-43-45-33-34-54-57(47-22-10-14-30-53(47)62-54)56(45)44-21-6-5-20-42(44)55(41)43/h5-35H,1-4H3. The average Bonchev–Trinajstić information content (AvgIpc) is 3.89. The predicted molar refractivity (Wildman–Crippen MR) is 261 cm³/mol. The van der Waals surface area contributed by atoms with Gasteiger partial charge in [0.15, 0.2) is 0 Å². The van der Waals surface area contributed by atoms with E-state index in [-0.39, 0.29) is 10.8 Å². The minimum absolute atomic E-state index is 0.150. The molecule has 294 valence electrons. The zero-order chi connectivity index (χ0) is 41.5. The molecule has 2 nitrogen and oxygen atoms in total. The first-order chi connectivity index (χ1) is 30.3. The van der Waals surface area contributed by atoms with Crippen LogP contribution in [0.5, 0.6) is 0 Å². The number of fused-ring (bicyclic) bond motifs is 16. The maximum atomic E-state index is 6.46. The van der Waals surface area contributed by atoms with Crippen molar-refractivity contribution in [3.63, 3.8) is 0 Å². The molecule has 0 atom stereocenters. The first kappa shape index (κ1) is 35.3. The largest absolute Gasteiger partial charge is 0.456 e. The molecule has 0 saturated carbocycles. The van der Waals surface area contributed by atoms with Gasteiger partial charge in [0.2, 0.25) is 0 Å². The SMILES string of the molecule is CC1(C)c2ccccc2-c2ccc(N(c3ccccc3-c3cccc4c5ccc6oc7ccccc7c6c5c5ccccc5c34)c3cccc4c3C(C)(C)c3ccccc3-4)cc21. The normalized spacial score (nSPS) is 14.4. The van der Waals surface area contributed by atoms with Crippen LogP contribution in [0.4, 0.5) is 17.1 Å². The van der Waals surface area contributed by atoms with Gasteiger partial charge in [0.25, 0.3) is 0 Å². The lowest BCUT2D eigenvalue weighted by atomic mass is 9.80. The van der Waals surface area contributed by atoms with Crippen molar-refractivity contribution in [2.24, 2.45) is 0 Å². The highest BCUT2D eigenvalue weighted by atomic mass is 16.3. The number of benzene rings is 10. The number of anilines is 3. The van der Waals surface area contributed by atoms with Crippen LogP contribution in [0.3, 0.4) is 0 Å². The van der Waals surface area contributed by atoms with Gasteiger partial charge in [-0.1, -0.05) is 173 Å². The van der Waals surface area contributed by atoms with E-state index in [1.165, 1.54) is 99.0 Å². The van der Waals surface area contributed by atoms with Crippen LogP contribution in [-0.2, 0) is 10.8 Å². The van der Waals surface area contributed by atoms with Gasteiger partial charge in [-0.05, 0) is 119 Å². The Morgan fingerprint density at radius 1 is 0.339 bits per heavy atom. The van der Waals surface area contributed by atoms with Gasteiger partial charge < -0.3 is 9.32 Å². The van der Waals surface area contributed by atoms with Gasteiger partial charge in [-0.2, -0.15) is 0 Å². The van der Waals surface area contributed by atoms with Crippen molar-refractivity contribution < 1.29 is 4.42 Å². The Kier molecular flexibility index (Phi) is 7.16. The lowest BCUT2D eigenvalue weighted by molar-refractivity contribution is 0.658. The Bertz CT molecular complexity index is 3680. The van der Waals surface area contributed by atoms with Gasteiger partial charge in [-0.25, -0.2) is 0 Å². The topological polar surface area (TPSA) is 16.4 Å².